The zero-order valence-electron chi connectivity index (χ0n) is 9.89. The van der Waals surface area contributed by atoms with Crippen LogP contribution < -0.4 is 0 Å². The second-order valence-corrected chi connectivity index (χ2v) is 4.39. The Labute approximate surface area is 96.8 Å². The Morgan fingerprint density at radius 2 is 2.31 bits per heavy atom. The van der Waals surface area contributed by atoms with Crippen molar-refractivity contribution in [3.8, 4) is 0 Å². The highest BCUT2D eigenvalue weighted by molar-refractivity contribution is 5.19. The SMILES string of the molecule is CCn1cncc1C(O)C1=CCCCCC1. The van der Waals surface area contributed by atoms with E-state index in [-0.39, 0.29) is 0 Å². The summed E-state index contributed by atoms with van der Waals surface area (Å²) in [5.74, 6) is 0. The molecule has 0 radical (unpaired) electrons. The van der Waals surface area contributed by atoms with Crippen LogP contribution in [0.1, 0.15) is 50.8 Å². The number of aromatic nitrogens is 2. The highest BCUT2D eigenvalue weighted by Crippen LogP contribution is 2.28. The molecule has 0 saturated heterocycles. The fraction of sp³-hybridized carbons (Fsp3) is 0.615. The van der Waals surface area contributed by atoms with E-state index < -0.39 is 6.10 Å². The molecule has 1 aliphatic rings. The molecule has 0 fully saturated rings. The molecular formula is C13H20N2O. The predicted octanol–water partition coefficient (Wildman–Crippen LogP) is 2.83. The molecule has 1 atom stereocenters. The summed E-state index contributed by atoms with van der Waals surface area (Å²) < 4.78 is 2.01. The summed E-state index contributed by atoms with van der Waals surface area (Å²) in [5, 5.41) is 10.3. The molecule has 1 N–H and O–H groups in total. The molecule has 0 aliphatic heterocycles. The van der Waals surface area contributed by atoms with Gasteiger partial charge < -0.3 is 9.67 Å². The van der Waals surface area contributed by atoms with Crippen LogP contribution in [0, 0.1) is 0 Å². The minimum Gasteiger partial charge on any atom is -0.382 e. The molecule has 3 nitrogen and oxygen atoms in total. The van der Waals surface area contributed by atoms with Crippen LogP contribution >= 0.6 is 0 Å². The van der Waals surface area contributed by atoms with Crippen LogP contribution in [0.15, 0.2) is 24.2 Å². The van der Waals surface area contributed by atoms with Crippen molar-refractivity contribution in [2.75, 3.05) is 0 Å². The monoisotopic (exact) mass is 220 g/mol. The van der Waals surface area contributed by atoms with E-state index in [2.05, 4.69) is 18.0 Å². The Morgan fingerprint density at radius 3 is 3.12 bits per heavy atom. The zero-order valence-corrected chi connectivity index (χ0v) is 9.89. The van der Waals surface area contributed by atoms with Crippen molar-refractivity contribution >= 4 is 0 Å². The number of imidazole rings is 1. The van der Waals surface area contributed by atoms with Gasteiger partial charge in [-0.1, -0.05) is 12.5 Å². The number of hydrogen-bond donors (Lipinski definition) is 1. The summed E-state index contributed by atoms with van der Waals surface area (Å²) in [5.41, 5.74) is 2.10. The van der Waals surface area contributed by atoms with E-state index in [1.807, 2.05) is 4.57 Å². The van der Waals surface area contributed by atoms with Crippen molar-refractivity contribution in [3.63, 3.8) is 0 Å². The third-order valence-electron chi connectivity index (χ3n) is 3.29. The molecule has 3 heteroatoms. The van der Waals surface area contributed by atoms with E-state index >= 15 is 0 Å². The Hall–Kier alpha value is -1.09. The van der Waals surface area contributed by atoms with Gasteiger partial charge >= 0.3 is 0 Å². The lowest BCUT2D eigenvalue weighted by atomic mass is 10.0. The van der Waals surface area contributed by atoms with E-state index in [0.29, 0.717) is 0 Å². The van der Waals surface area contributed by atoms with Crippen molar-refractivity contribution in [1.29, 1.82) is 0 Å². The van der Waals surface area contributed by atoms with Gasteiger partial charge in [-0.2, -0.15) is 0 Å². The topological polar surface area (TPSA) is 38.0 Å². The van der Waals surface area contributed by atoms with E-state index in [4.69, 9.17) is 0 Å². The number of allylic oxidation sites excluding steroid dienone is 1. The lowest BCUT2D eigenvalue weighted by molar-refractivity contribution is 0.201. The van der Waals surface area contributed by atoms with Gasteiger partial charge in [0.25, 0.3) is 0 Å². The third kappa shape index (κ3) is 2.35. The minimum absolute atomic E-state index is 0.458. The first kappa shape index (κ1) is 11.4. The molecule has 88 valence electrons. The van der Waals surface area contributed by atoms with Crippen molar-refractivity contribution in [3.05, 3.63) is 29.9 Å². The van der Waals surface area contributed by atoms with Crippen LogP contribution in [-0.4, -0.2) is 14.7 Å². The summed E-state index contributed by atoms with van der Waals surface area (Å²) in [4.78, 5) is 4.11. The van der Waals surface area contributed by atoms with Crippen molar-refractivity contribution < 1.29 is 5.11 Å². The van der Waals surface area contributed by atoms with Crippen LogP contribution in [0.2, 0.25) is 0 Å². The van der Waals surface area contributed by atoms with Gasteiger partial charge in [-0.25, -0.2) is 4.98 Å². The smallest absolute Gasteiger partial charge is 0.117 e. The predicted molar refractivity (Wildman–Crippen MR) is 64.0 cm³/mol. The van der Waals surface area contributed by atoms with Crippen LogP contribution in [0.5, 0.6) is 0 Å². The maximum Gasteiger partial charge on any atom is 0.117 e. The van der Waals surface area contributed by atoms with E-state index in [1.54, 1.807) is 12.5 Å². The standard InChI is InChI=1S/C13H20N2O/c1-2-15-10-14-9-12(15)13(16)11-7-5-3-4-6-8-11/h7,9-10,13,16H,2-6,8H2,1H3. The minimum atomic E-state index is -0.458. The van der Waals surface area contributed by atoms with Crippen molar-refractivity contribution in [2.45, 2.75) is 51.7 Å². The number of aryl methyl sites for hydroxylation is 1. The molecule has 0 spiro atoms. The lowest BCUT2D eigenvalue weighted by Crippen LogP contribution is -2.08. The maximum atomic E-state index is 10.3. The highest BCUT2D eigenvalue weighted by Gasteiger charge is 2.17. The molecule has 0 amide bonds. The fourth-order valence-electron chi connectivity index (χ4n) is 2.30. The summed E-state index contributed by atoms with van der Waals surface area (Å²) in [7, 11) is 0. The molecular weight excluding hydrogens is 200 g/mol. The molecule has 1 unspecified atom stereocenters. The Kier molecular flexibility index (Phi) is 3.78. The molecule has 16 heavy (non-hydrogen) atoms. The van der Waals surface area contributed by atoms with Gasteiger partial charge in [-0.05, 0) is 38.2 Å². The van der Waals surface area contributed by atoms with Gasteiger partial charge in [-0.15, -0.1) is 0 Å². The normalized spacial score (nSPS) is 19.0. The number of hydrogen-bond acceptors (Lipinski definition) is 2. The number of aliphatic hydroxyl groups is 1. The van der Waals surface area contributed by atoms with Gasteiger partial charge in [0.05, 0.1) is 18.2 Å². The highest BCUT2D eigenvalue weighted by atomic mass is 16.3. The molecule has 1 aliphatic carbocycles. The summed E-state index contributed by atoms with van der Waals surface area (Å²) in [6, 6.07) is 0. The van der Waals surface area contributed by atoms with Crippen molar-refractivity contribution in [1.82, 2.24) is 9.55 Å². The van der Waals surface area contributed by atoms with E-state index in [0.717, 1.165) is 25.1 Å². The van der Waals surface area contributed by atoms with Gasteiger partial charge in [-0.3, -0.25) is 0 Å². The molecule has 1 aromatic heterocycles. The van der Waals surface area contributed by atoms with Crippen LogP contribution in [-0.2, 0) is 6.54 Å². The lowest BCUT2D eigenvalue weighted by Gasteiger charge is -2.15. The first-order valence-corrected chi connectivity index (χ1v) is 6.20. The van der Waals surface area contributed by atoms with Gasteiger partial charge in [0.1, 0.15) is 6.10 Å². The maximum absolute atomic E-state index is 10.3. The van der Waals surface area contributed by atoms with Crippen molar-refractivity contribution in [2.24, 2.45) is 0 Å². The molecule has 1 aromatic rings. The van der Waals surface area contributed by atoms with Gasteiger partial charge in [0.2, 0.25) is 0 Å². The second kappa shape index (κ2) is 5.30. The molecule has 0 saturated carbocycles. The third-order valence-corrected chi connectivity index (χ3v) is 3.29. The molecule has 0 aromatic carbocycles. The summed E-state index contributed by atoms with van der Waals surface area (Å²) in [6.45, 7) is 2.93. The van der Waals surface area contributed by atoms with E-state index in [1.165, 1.54) is 24.8 Å². The Morgan fingerprint density at radius 1 is 1.44 bits per heavy atom. The average Bonchev–Trinajstić information content (AvgIpc) is 2.61. The first-order chi connectivity index (χ1) is 7.83. The zero-order chi connectivity index (χ0) is 11.4. The van der Waals surface area contributed by atoms with Crippen LogP contribution in [0.3, 0.4) is 0 Å². The molecule has 2 rings (SSSR count). The molecule has 0 bridgehead atoms. The second-order valence-electron chi connectivity index (χ2n) is 4.39. The van der Waals surface area contributed by atoms with Gasteiger partial charge in [0.15, 0.2) is 0 Å². The Bertz CT molecular complexity index is 368. The van der Waals surface area contributed by atoms with Crippen LogP contribution in [0.4, 0.5) is 0 Å². The number of rotatable bonds is 3. The molecule has 1 heterocycles. The van der Waals surface area contributed by atoms with Gasteiger partial charge in [0, 0.05) is 6.54 Å². The largest absolute Gasteiger partial charge is 0.382 e. The number of aliphatic hydroxyl groups excluding tert-OH is 1. The Balaban J connectivity index is 2.17. The summed E-state index contributed by atoms with van der Waals surface area (Å²) in [6.07, 6.45) is 11.2. The fourth-order valence-corrected chi connectivity index (χ4v) is 2.30. The van der Waals surface area contributed by atoms with Crippen LogP contribution in [0.25, 0.3) is 0 Å². The first-order valence-electron chi connectivity index (χ1n) is 6.20. The quantitative estimate of drug-likeness (QED) is 0.795. The summed E-state index contributed by atoms with van der Waals surface area (Å²) >= 11 is 0. The average molecular weight is 220 g/mol. The number of nitrogens with zero attached hydrogens (tertiary/aromatic N) is 2. The van der Waals surface area contributed by atoms with E-state index in [9.17, 15) is 5.11 Å².